The molecule has 6 aliphatic rings. The van der Waals surface area contributed by atoms with Crippen LogP contribution >= 0.6 is 0 Å². The second-order valence-electron chi connectivity index (χ2n) is 18.3. The van der Waals surface area contributed by atoms with E-state index in [-0.39, 0.29) is 63.2 Å². The molecule has 0 unspecified atom stereocenters. The van der Waals surface area contributed by atoms with Gasteiger partial charge >= 0.3 is 47.4 Å². The van der Waals surface area contributed by atoms with E-state index in [4.69, 9.17) is 0 Å². The molecule has 7 aromatic carbocycles. The van der Waals surface area contributed by atoms with Crippen LogP contribution in [-0.4, -0.2) is 37.1 Å². The van der Waals surface area contributed by atoms with Gasteiger partial charge in [-0.1, -0.05) is 84.9 Å². The maximum absolute atomic E-state index is 16.3. The van der Waals surface area contributed by atoms with Crippen molar-refractivity contribution < 1.29 is 70.2 Å². The fourth-order valence-electron chi connectivity index (χ4n) is 11.6. The molecule has 7 aromatic rings. The number of halogens is 16. The lowest BCUT2D eigenvalue weighted by atomic mass is 9.28. The minimum Gasteiger partial charge on any atom is -0.312 e. The summed E-state index contributed by atoms with van der Waals surface area (Å²) in [5, 5.41) is 0. The van der Waals surface area contributed by atoms with Crippen molar-refractivity contribution in [3.05, 3.63) is 162 Å². The van der Waals surface area contributed by atoms with Gasteiger partial charge in [0.15, 0.2) is 0 Å². The molecule has 0 amide bonds. The quantitative estimate of drug-likeness (QED) is 0.126. The molecule has 13 rings (SSSR count). The summed E-state index contributed by atoms with van der Waals surface area (Å²) in [6.45, 7) is -2.98. The van der Waals surface area contributed by atoms with Gasteiger partial charge in [0, 0.05) is 73.4 Å². The summed E-state index contributed by atoms with van der Waals surface area (Å²) >= 11 is 0. The van der Waals surface area contributed by atoms with Crippen LogP contribution in [0.5, 0.6) is 0 Å². The van der Waals surface area contributed by atoms with Gasteiger partial charge < -0.3 is 14.7 Å². The summed E-state index contributed by atoms with van der Waals surface area (Å²) in [6.07, 6.45) is 0. The summed E-state index contributed by atoms with van der Waals surface area (Å²) in [5.74, 6) is -51.2. The molecule has 0 fully saturated rings. The van der Waals surface area contributed by atoms with E-state index in [1.807, 2.05) is 0 Å². The molecule has 0 atom stereocenters. The molecule has 0 saturated heterocycles. The van der Waals surface area contributed by atoms with E-state index >= 15 is 70.2 Å². The molecular formula is C50H23B2F16N3. The first-order valence-corrected chi connectivity index (χ1v) is 21.6. The van der Waals surface area contributed by atoms with Crippen molar-refractivity contribution >= 4 is 97.4 Å². The predicted molar refractivity (Wildman–Crippen MR) is 235 cm³/mol. The van der Waals surface area contributed by atoms with Crippen LogP contribution in [0.3, 0.4) is 0 Å². The largest absolute Gasteiger partial charge is 0.382 e. The fraction of sp³-hybridized carbons (Fsp3) is 0.160. The number of rotatable bonds is 2. The Bertz CT molecular complexity index is 3290. The third-order valence-electron chi connectivity index (χ3n) is 14.8. The summed E-state index contributed by atoms with van der Waals surface area (Å²) in [6, 6.07) is 31.3. The Morgan fingerprint density at radius 1 is 0.282 bits per heavy atom. The third kappa shape index (κ3) is 4.79. The number of alkyl halides is 16. The van der Waals surface area contributed by atoms with E-state index in [2.05, 4.69) is 0 Å². The van der Waals surface area contributed by atoms with E-state index < -0.39 is 105 Å². The van der Waals surface area contributed by atoms with E-state index in [9.17, 15) is 0 Å². The van der Waals surface area contributed by atoms with Gasteiger partial charge in [-0.15, -0.1) is 0 Å². The van der Waals surface area contributed by atoms with Crippen molar-refractivity contribution in [2.75, 3.05) is 14.7 Å². The minimum absolute atomic E-state index is 0.0384. The lowest BCUT2D eigenvalue weighted by Crippen LogP contribution is -2.70. The Balaban J connectivity index is 1.25. The molecule has 0 radical (unpaired) electrons. The zero-order valence-electron chi connectivity index (χ0n) is 35.3. The Morgan fingerprint density at radius 3 is 0.944 bits per heavy atom. The first kappa shape index (κ1) is 43.9. The van der Waals surface area contributed by atoms with Crippen molar-refractivity contribution in [3.63, 3.8) is 0 Å². The van der Waals surface area contributed by atoms with Gasteiger partial charge in [-0.3, -0.25) is 0 Å². The van der Waals surface area contributed by atoms with Crippen LogP contribution in [0.15, 0.2) is 140 Å². The smallest absolute Gasteiger partial charge is 0.312 e. The summed E-state index contributed by atoms with van der Waals surface area (Å²) in [4.78, 5) is 4.22. The van der Waals surface area contributed by atoms with Gasteiger partial charge in [-0.05, 0) is 87.4 Å². The molecule has 71 heavy (non-hydrogen) atoms. The lowest BCUT2D eigenvalue weighted by molar-refractivity contribution is -0.386. The van der Waals surface area contributed by atoms with Crippen LogP contribution in [0.2, 0.25) is 0 Å². The van der Waals surface area contributed by atoms with E-state index in [1.165, 1.54) is 24.3 Å². The highest BCUT2D eigenvalue weighted by Gasteiger charge is 2.87. The Kier molecular flexibility index (Phi) is 8.09. The molecule has 21 heteroatoms. The van der Waals surface area contributed by atoms with E-state index in [1.54, 1.807) is 101 Å². The molecule has 0 bridgehead atoms. The topological polar surface area (TPSA) is 9.72 Å². The van der Waals surface area contributed by atoms with E-state index in [0.717, 1.165) is 4.90 Å². The second-order valence-corrected chi connectivity index (χ2v) is 18.3. The highest BCUT2D eigenvalue weighted by molar-refractivity contribution is 7.04. The standard InChI is InChI=1S/C50H23B2F16N3/c53-43(54)26-19-32-36(21-28(26)45(57,58)49(65,66)47(43,61)62)71-37-22-29-27(44(55,56)48(63,64)50(67,68)46(29,59)60)20-33(37)52-31-16-8-10-18-35(31)70(25-13-5-2-6-14-25)39-23-38-40(42(71)41(39)52)51(32)30-15-7-9-17-34(30)69(38)24-11-3-1-4-12-24/h1-23H. The predicted octanol–water partition coefficient (Wildman–Crippen LogP) is 11.3. The van der Waals surface area contributed by atoms with Crippen LogP contribution < -0.4 is 47.5 Å². The summed E-state index contributed by atoms with van der Waals surface area (Å²) < 4.78 is 253. The average Bonchev–Trinajstić information content (AvgIpc) is 3.34. The number of nitrogens with zero attached hydrogens (tertiary/aromatic N) is 3. The van der Waals surface area contributed by atoms with Gasteiger partial charge in [0.1, 0.15) is 0 Å². The van der Waals surface area contributed by atoms with E-state index in [0.29, 0.717) is 22.7 Å². The molecule has 0 spiro atoms. The van der Waals surface area contributed by atoms with Crippen molar-refractivity contribution in [3.8, 4) is 0 Å². The van der Waals surface area contributed by atoms with Crippen LogP contribution in [0.1, 0.15) is 22.3 Å². The number of hydrogen-bond acceptors (Lipinski definition) is 3. The lowest BCUT2D eigenvalue weighted by Gasteiger charge is -2.52. The highest BCUT2D eigenvalue weighted by Crippen LogP contribution is 2.67. The highest BCUT2D eigenvalue weighted by atomic mass is 19.4. The van der Waals surface area contributed by atoms with Crippen molar-refractivity contribution in [2.24, 2.45) is 0 Å². The molecule has 356 valence electrons. The van der Waals surface area contributed by atoms with Crippen LogP contribution in [0, 0.1) is 0 Å². The number of hydrogen-bond donors (Lipinski definition) is 0. The monoisotopic (exact) mass is 991 g/mol. The van der Waals surface area contributed by atoms with Gasteiger partial charge in [-0.25, -0.2) is 0 Å². The Labute approximate surface area is 390 Å². The maximum Gasteiger partial charge on any atom is 0.382 e. The van der Waals surface area contributed by atoms with Crippen LogP contribution in [-0.2, 0) is 23.7 Å². The number of fused-ring (bicyclic) bond motifs is 12. The molecule has 2 aliphatic carbocycles. The maximum atomic E-state index is 16.3. The van der Waals surface area contributed by atoms with Gasteiger partial charge in [0.25, 0.3) is 13.4 Å². The van der Waals surface area contributed by atoms with Crippen molar-refractivity contribution in [2.45, 2.75) is 47.4 Å². The van der Waals surface area contributed by atoms with Crippen molar-refractivity contribution in [1.29, 1.82) is 0 Å². The zero-order chi connectivity index (χ0) is 50.1. The van der Waals surface area contributed by atoms with Gasteiger partial charge in [0.05, 0.1) is 0 Å². The third-order valence-corrected chi connectivity index (χ3v) is 14.8. The second kappa shape index (κ2) is 13.1. The number of benzene rings is 7. The fourth-order valence-corrected chi connectivity index (χ4v) is 11.6. The first-order valence-electron chi connectivity index (χ1n) is 21.6. The molecule has 4 heterocycles. The van der Waals surface area contributed by atoms with Gasteiger partial charge in [0.2, 0.25) is 0 Å². The number of anilines is 9. The number of para-hydroxylation sites is 4. The SMILES string of the molecule is FC1(F)c2cc3c(cc2C(F)(F)C(F)(F)C1(F)F)N1c2cc4c(cc2B2c5ccccc5N(c5ccccc5)c5cc6c(c1c52)B3c1ccccc1N6c1ccccc1)C(F)(F)C(F)(F)C(F)(F)C4(F)F. The van der Waals surface area contributed by atoms with Crippen molar-refractivity contribution in [1.82, 2.24) is 0 Å². The molecule has 0 saturated carbocycles. The normalized spacial score (nSPS) is 21.4. The first-order chi connectivity index (χ1) is 33.3. The molecule has 4 aliphatic heterocycles. The minimum atomic E-state index is -6.77. The zero-order valence-corrected chi connectivity index (χ0v) is 35.3. The average molecular weight is 991 g/mol. The Morgan fingerprint density at radius 2 is 0.592 bits per heavy atom. The molecule has 0 aromatic heterocycles. The molecule has 0 N–H and O–H groups in total. The van der Waals surface area contributed by atoms with Crippen LogP contribution in [0.25, 0.3) is 0 Å². The summed E-state index contributed by atoms with van der Waals surface area (Å²) in [7, 11) is 0. The molecular weight excluding hydrogens is 968 g/mol. The summed E-state index contributed by atoms with van der Waals surface area (Å²) in [5.41, 5.74) is -9.78. The molecule has 3 nitrogen and oxygen atoms in total. The Hall–Kier alpha value is -7.05. The van der Waals surface area contributed by atoms with Crippen LogP contribution in [0.4, 0.5) is 121 Å². The van der Waals surface area contributed by atoms with Gasteiger partial charge in [-0.2, -0.15) is 70.2 Å².